The lowest BCUT2D eigenvalue weighted by atomic mass is 10.0. The van der Waals surface area contributed by atoms with Crippen LogP contribution in [-0.2, 0) is 13.0 Å². The lowest BCUT2D eigenvalue weighted by Crippen LogP contribution is -2.35. The Labute approximate surface area is 156 Å². The van der Waals surface area contributed by atoms with Gasteiger partial charge in [0.25, 0.3) is 5.91 Å². The summed E-state index contributed by atoms with van der Waals surface area (Å²) in [6, 6.07) is 14.8. The molecule has 2 heterocycles. The molecule has 0 spiro atoms. The molecule has 0 saturated carbocycles. The molecule has 1 amide bonds. The van der Waals surface area contributed by atoms with Crippen molar-refractivity contribution in [3.8, 4) is 17.0 Å². The molecular formula is C20H18ClN3O2. The van der Waals surface area contributed by atoms with Gasteiger partial charge >= 0.3 is 0 Å². The zero-order chi connectivity index (χ0) is 18.1. The Bertz CT molecular complexity index is 950. The summed E-state index contributed by atoms with van der Waals surface area (Å²) in [4.78, 5) is 14.8. The molecule has 3 aromatic rings. The molecule has 0 fully saturated rings. The number of carbonyl (C=O) groups is 1. The molecule has 5 nitrogen and oxygen atoms in total. The van der Waals surface area contributed by atoms with Crippen LogP contribution < -0.4 is 4.74 Å². The first-order chi connectivity index (χ1) is 12.7. The summed E-state index contributed by atoms with van der Waals surface area (Å²) < 4.78 is 5.23. The average molecular weight is 368 g/mol. The number of aromatic amines is 1. The van der Waals surface area contributed by atoms with E-state index in [0.29, 0.717) is 29.4 Å². The Balaban J connectivity index is 1.62. The number of amides is 1. The summed E-state index contributed by atoms with van der Waals surface area (Å²) in [6.07, 6.45) is 0.756. The zero-order valence-corrected chi connectivity index (χ0v) is 15.1. The number of rotatable bonds is 3. The van der Waals surface area contributed by atoms with Crippen molar-refractivity contribution in [1.29, 1.82) is 0 Å². The van der Waals surface area contributed by atoms with Crippen molar-refractivity contribution in [2.24, 2.45) is 0 Å². The molecule has 0 bridgehead atoms. The molecule has 1 aliphatic heterocycles. The second-order valence-electron chi connectivity index (χ2n) is 6.24. The summed E-state index contributed by atoms with van der Waals surface area (Å²) in [7, 11) is 1.60. The second kappa shape index (κ2) is 6.84. The maximum absolute atomic E-state index is 12.9. The highest BCUT2D eigenvalue weighted by Crippen LogP contribution is 2.30. The molecule has 4 rings (SSSR count). The highest BCUT2D eigenvalue weighted by Gasteiger charge is 2.26. The van der Waals surface area contributed by atoms with E-state index < -0.39 is 0 Å². The van der Waals surface area contributed by atoms with Gasteiger partial charge in [-0.15, -0.1) is 0 Å². The zero-order valence-electron chi connectivity index (χ0n) is 14.3. The number of carbonyl (C=O) groups excluding carboxylic acids is 1. The van der Waals surface area contributed by atoms with E-state index in [2.05, 4.69) is 10.2 Å². The number of ether oxygens (including phenoxy) is 1. The number of fused-ring (bicyclic) bond motifs is 1. The summed E-state index contributed by atoms with van der Waals surface area (Å²) >= 11 is 5.98. The Hall–Kier alpha value is -2.79. The Morgan fingerprint density at radius 1 is 1.23 bits per heavy atom. The number of H-pyrrole nitrogens is 1. The molecule has 2 aromatic carbocycles. The number of methoxy groups -OCH3 is 1. The van der Waals surface area contributed by atoms with Gasteiger partial charge in [0.05, 0.1) is 12.8 Å². The van der Waals surface area contributed by atoms with Crippen molar-refractivity contribution in [2.75, 3.05) is 13.7 Å². The van der Waals surface area contributed by atoms with Crippen LogP contribution in [0.25, 0.3) is 11.3 Å². The average Bonchev–Trinajstić information content (AvgIpc) is 3.11. The predicted octanol–water partition coefficient (Wildman–Crippen LogP) is 3.94. The third kappa shape index (κ3) is 3.06. The predicted molar refractivity (Wildman–Crippen MR) is 100 cm³/mol. The monoisotopic (exact) mass is 367 g/mol. The van der Waals surface area contributed by atoms with Crippen molar-refractivity contribution in [1.82, 2.24) is 15.1 Å². The molecule has 0 radical (unpaired) electrons. The highest BCUT2D eigenvalue weighted by molar-refractivity contribution is 6.30. The fourth-order valence-corrected chi connectivity index (χ4v) is 3.38. The molecule has 0 atom stereocenters. The second-order valence-corrected chi connectivity index (χ2v) is 6.68. The van der Waals surface area contributed by atoms with Crippen LogP contribution in [0.2, 0.25) is 5.02 Å². The van der Waals surface area contributed by atoms with Gasteiger partial charge in [0.15, 0.2) is 0 Å². The van der Waals surface area contributed by atoms with Crippen LogP contribution >= 0.6 is 11.6 Å². The van der Waals surface area contributed by atoms with Gasteiger partial charge in [-0.05, 0) is 30.3 Å². The Kier molecular flexibility index (Phi) is 4.39. The SMILES string of the molecule is COc1cccc(C(=O)N2CCc3[nH]nc(-c4ccc(Cl)cc4)c3C2)c1. The molecule has 6 heteroatoms. The molecule has 1 N–H and O–H groups in total. The van der Waals surface area contributed by atoms with Crippen molar-refractivity contribution in [3.05, 3.63) is 70.4 Å². The molecule has 1 aliphatic rings. The molecule has 26 heavy (non-hydrogen) atoms. The summed E-state index contributed by atoms with van der Waals surface area (Å²) in [5, 5.41) is 8.27. The number of benzene rings is 2. The van der Waals surface area contributed by atoms with E-state index >= 15 is 0 Å². The first-order valence-electron chi connectivity index (χ1n) is 8.41. The number of halogens is 1. The van der Waals surface area contributed by atoms with E-state index in [1.807, 2.05) is 47.4 Å². The largest absolute Gasteiger partial charge is 0.497 e. The number of nitrogens with one attached hydrogen (secondary N) is 1. The van der Waals surface area contributed by atoms with E-state index in [1.165, 1.54) is 0 Å². The Morgan fingerprint density at radius 2 is 2.04 bits per heavy atom. The molecule has 0 saturated heterocycles. The Morgan fingerprint density at radius 3 is 2.81 bits per heavy atom. The fraction of sp³-hybridized carbons (Fsp3) is 0.200. The molecule has 0 aliphatic carbocycles. The molecule has 1 aromatic heterocycles. The van der Waals surface area contributed by atoms with E-state index in [9.17, 15) is 4.79 Å². The first kappa shape index (κ1) is 16.7. The normalized spacial score (nSPS) is 13.4. The van der Waals surface area contributed by atoms with Crippen molar-refractivity contribution < 1.29 is 9.53 Å². The van der Waals surface area contributed by atoms with Crippen molar-refractivity contribution in [3.63, 3.8) is 0 Å². The molecule has 132 valence electrons. The maximum atomic E-state index is 12.9. The minimum atomic E-state index is -0.00203. The van der Waals surface area contributed by atoms with Crippen LogP contribution in [0, 0.1) is 0 Å². The van der Waals surface area contributed by atoms with Gasteiger partial charge in [-0.1, -0.05) is 29.8 Å². The standard InChI is InChI=1S/C20H18ClN3O2/c1-26-16-4-2-3-14(11-16)20(25)24-10-9-18-17(12-24)19(23-22-18)13-5-7-15(21)8-6-13/h2-8,11H,9-10,12H2,1H3,(H,22,23). The minimum Gasteiger partial charge on any atom is -0.497 e. The van der Waals surface area contributed by atoms with Gasteiger partial charge in [0.1, 0.15) is 5.75 Å². The van der Waals surface area contributed by atoms with Gasteiger partial charge in [-0.25, -0.2) is 0 Å². The van der Waals surface area contributed by atoms with Crippen LogP contribution in [0.15, 0.2) is 48.5 Å². The van der Waals surface area contributed by atoms with Gasteiger partial charge < -0.3 is 9.64 Å². The topological polar surface area (TPSA) is 58.2 Å². The lowest BCUT2D eigenvalue weighted by Gasteiger charge is -2.27. The van der Waals surface area contributed by atoms with Gasteiger partial charge in [-0.3, -0.25) is 9.89 Å². The van der Waals surface area contributed by atoms with Crippen LogP contribution in [0.3, 0.4) is 0 Å². The van der Waals surface area contributed by atoms with E-state index in [4.69, 9.17) is 16.3 Å². The smallest absolute Gasteiger partial charge is 0.254 e. The fourth-order valence-electron chi connectivity index (χ4n) is 3.25. The van der Waals surface area contributed by atoms with Crippen molar-refractivity contribution in [2.45, 2.75) is 13.0 Å². The summed E-state index contributed by atoms with van der Waals surface area (Å²) in [6.45, 7) is 1.19. The summed E-state index contributed by atoms with van der Waals surface area (Å²) in [5.41, 5.74) is 4.64. The molecular weight excluding hydrogens is 350 g/mol. The lowest BCUT2D eigenvalue weighted by molar-refractivity contribution is 0.0734. The van der Waals surface area contributed by atoms with Crippen LogP contribution in [0.4, 0.5) is 0 Å². The van der Waals surface area contributed by atoms with Gasteiger partial charge in [0, 0.05) is 46.9 Å². The van der Waals surface area contributed by atoms with Crippen LogP contribution in [0.5, 0.6) is 5.75 Å². The van der Waals surface area contributed by atoms with E-state index in [1.54, 1.807) is 13.2 Å². The molecule has 0 unspecified atom stereocenters. The first-order valence-corrected chi connectivity index (χ1v) is 8.79. The maximum Gasteiger partial charge on any atom is 0.254 e. The van der Waals surface area contributed by atoms with Gasteiger partial charge in [0.2, 0.25) is 0 Å². The van der Waals surface area contributed by atoms with E-state index in [0.717, 1.165) is 28.9 Å². The van der Waals surface area contributed by atoms with Crippen molar-refractivity contribution >= 4 is 17.5 Å². The van der Waals surface area contributed by atoms with Crippen LogP contribution in [-0.4, -0.2) is 34.7 Å². The highest BCUT2D eigenvalue weighted by atomic mass is 35.5. The third-order valence-corrected chi connectivity index (χ3v) is 4.91. The number of aromatic nitrogens is 2. The number of nitrogens with zero attached hydrogens (tertiary/aromatic N) is 2. The van der Waals surface area contributed by atoms with Crippen LogP contribution in [0.1, 0.15) is 21.6 Å². The minimum absolute atomic E-state index is 0.00203. The number of hydrogen-bond donors (Lipinski definition) is 1. The number of hydrogen-bond acceptors (Lipinski definition) is 3. The summed E-state index contributed by atoms with van der Waals surface area (Å²) in [5.74, 6) is 0.677. The quantitative estimate of drug-likeness (QED) is 0.762. The van der Waals surface area contributed by atoms with E-state index in [-0.39, 0.29) is 5.91 Å². The third-order valence-electron chi connectivity index (χ3n) is 4.66. The van der Waals surface area contributed by atoms with Gasteiger partial charge in [-0.2, -0.15) is 5.10 Å².